The summed E-state index contributed by atoms with van der Waals surface area (Å²) < 4.78 is 0. The van der Waals surface area contributed by atoms with E-state index < -0.39 is 0 Å². The van der Waals surface area contributed by atoms with E-state index in [2.05, 4.69) is 17.4 Å². The molecule has 14 heavy (non-hydrogen) atoms. The summed E-state index contributed by atoms with van der Waals surface area (Å²) in [7, 11) is 2.02. The maximum atomic E-state index is 6.18. The van der Waals surface area contributed by atoms with Crippen LogP contribution in [0.4, 0.5) is 0 Å². The van der Waals surface area contributed by atoms with Crippen LogP contribution in [0.1, 0.15) is 30.9 Å². The third kappa shape index (κ3) is 1.79. The van der Waals surface area contributed by atoms with Gasteiger partial charge >= 0.3 is 0 Å². The first-order chi connectivity index (χ1) is 6.83. The summed E-state index contributed by atoms with van der Waals surface area (Å²) in [5.41, 5.74) is 1.25. The van der Waals surface area contributed by atoms with Crippen molar-refractivity contribution in [1.29, 1.82) is 0 Å². The lowest BCUT2D eigenvalue weighted by atomic mass is 9.77. The minimum absolute atomic E-state index is 0.442. The van der Waals surface area contributed by atoms with Gasteiger partial charge in [-0.25, -0.2) is 0 Å². The maximum Gasteiger partial charge on any atom is 0.0453 e. The highest BCUT2D eigenvalue weighted by Crippen LogP contribution is 2.39. The van der Waals surface area contributed by atoms with Crippen LogP contribution in [0.15, 0.2) is 24.3 Å². The van der Waals surface area contributed by atoms with Gasteiger partial charge in [0, 0.05) is 11.1 Å². The lowest BCUT2D eigenvalue weighted by Crippen LogP contribution is -2.29. The van der Waals surface area contributed by atoms with Gasteiger partial charge in [0.1, 0.15) is 0 Å². The summed E-state index contributed by atoms with van der Waals surface area (Å²) in [6.45, 7) is 0. The SMILES string of the molecule is CNC(c1ccccc1Cl)C1CCC1. The average Bonchev–Trinajstić information content (AvgIpc) is 2.12. The number of hydrogen-bond acceptors (Lipinski definition) is 1. The molecule has 1 aromatic carbocycles. The molecule has 0 amide bonds. The second-order valence-electron chi connectivity index (χ2n) is 3.98. The zero-order valence-corrected chi connectivity index (χ0v) is 9.22. The van der Waals surface area contributed by atoms with Crippen LogP contribution in [-0.2, 0) is 0 Å². The minimum atomic E-state index is 0.442. The molecule has 1 N–H and O–H groups in total. The Labute approximate surface area is 90.5 Å². The molecule has 0 aliphatic heterocycles. The van der Waals surface area contributed by atoms with Gasteiger partial charge < -0.3 is 5.32 Å². The van der Waals surface area contributed by atoms with Crippen molar-refractivity contribution in [3.63, 3.8) is 0 Å². The van der Waals surface area contributed by atoms with Gasteiger partial charge in [-0.05, 0) is 37.4 Å². The molecule has 1 nitrogen and oxygen atoms in total. The fourth-order valence-corrected chi connectivity index (χ4v) is 2.40. The normalized spacial score (nSPS) is 19.0. The highest BCUT2D eigenvalue weighted by Gasteiger charge is 2.28. The van der Waals surface area contributed by atoms with Crippen LogP contribution in [-0.4, -0.2) is 7.05 Å². The lowest BCUT2D eigenvalue weighted by molar-refractivity contribution is 0.239. The van der Waals surface area contributed by atoms with E-state index in [4.69, 9.17) is 11.6 Å². The molecule has 0 bridgehead atoms. The van der Waals surface area contributed by atoms with Gasteiger partial charge in [-0.15, -0.1) is 0 Å². The Hall–Kier alpha value is -0.530. The molecule has 1 aliphatic carbocycles. The Bertz CT molecular complexity index is 307. The van der Waals surface area contributed by atoms with Crippen LogP contribution in [0.3, 0.4) is 0 Å². The largest absolute Gasteiger partial charge is 0.313 e. The number of hydrogen-bond donors (Lipinski definition) is 1. The summed E-state index contributed by atoms with van der Waals surface area (Å²) in [6, 6.07) is 8.59. The monoisotopic (exact) mass is 209 g/mol. The third-order valence-corrected chi connectivity index (χ3v) is 3.52. The molecule has 0 saturated heterocycles. The zero-order chi connectivity index (χ0) is 9.97. The van der Waals surface area contributed by atoms with E-state index in [0.29, 0.717) is 6.04 Å². The van der Waals surface area contributed by atoms with Crippen molar-refractivity contribution in [1.82, 2.24) is 5.32 Å². The van der Waals surface area contributed by atoms with Gasteiger partial charge in [0.25, 0.3) is 0 Å². The van der Waals surface area contributed by atoms with Crippen molar-refractivity contribution >= 4 is 11.6 Å². The van der Waals surface area contributed by atoms with Crippen molar-refractivity contribution in [2.75, 3.05) is 7.05 Å². The van der Waals surface area contributed by atoms with Crippen molar-refractivity contribution in [3.05, 3.63) is 34.9 Å². The summed E-state index contributed by atoms with van der Waals surface area (Å²) >= 11 is 6.18. The van der Waals surface area contributed by atoms with Crippen LogP contribution in [0.2, 0.25) is 5.02 Å². The summed E-state index contributed by atoms with van der Waals surface area (Å²) in [4.78, 5) is 0. The predicted molar refractivity (Wildman–Crippen MR) is 60.6 cm³/mol. The molecule has 1 saturated carbocycles. The van der Waals surface area contributed by atoms with Crippen LogP contribution in [0.25, 0.3) is 0 Å². The van der Waals surface area contributed by atoms with Crippen molar-refractivity contribution in [2.45, 2.75) is 25.3 Å². The topological polar surface area (TPSA) is 12.0 Å². The van der Waals surface area contributed by atoms with E-state index in [1.165, 1.54) is 24.8 Å². The van der Waals surface area contributed by atoms with Crippen LogP contribution in [0.5, 0.6) is 0 Å². The third-order valence-electron chi connectivity index (χ3n) is 3.17. The second-order valence-corrected chi connectivity index (χ2v) is 4.39. The summed E-state index contributed by atoms with van der Waals surface area (Å²) in [5.74, 6) is 0.778. The second kappa shape index (κ2) is 4.33. The number of nitrogens with one attached hydrogen (secondary N) is 1. The van der Waals surface area contributed by atoms with E-state index in [-0.39, 0.29) is 0 Å². The van der Waals surface area contributed by atoms with Gasteiger partial charge in [0.05, 0.1) is 0 Å². The molecule has 1 fully saturated rings. The molecule has 1 atom stereocenters. The Kier molecular flexibility index (Phi) is 3.09. The molecule has 76 valence electrons. The molecular weight excluding hydrogens is 194 g/mol. The first-order valence-electron chi connectivity index (χ1n) is 5.24. The van der Waals surface area contributed by atoms with Gasteiger partial charge in [0.15, 0.2) is 0 Å². The van der Waals surface area contributed by atoms with E-state index in [1.54, 1.807) is 0 Å². The molecule has 0 spiro atoms. The zero-order valence-electron chi connectivity index (χ0n) is 8.46. The summed E-state index contributed by atoms with van der Waals surface area (Å²) in [6.07, 6.45) is 4.03. The Morgan fingerprint density at radius 3 is 2.57 bits per heavy atom. The molecule has 2 heteroatoms. The van der Waals surface area contributed by atoms with E-state index in [9.17, 15) is 0 Å². The quantitative estimate of drug-likeness (QED) is 0.805. The van der Waals surface area contributed by atoms with Crippen molar-refractivity contribution in [3.8, 4) is 0 Å². The predicted octanol–water partition coefficient (Wildman–Crippen LogP) is 3.40. The number of benzene rings is 1. The van der Waals surface area contributed by atoms with Gasteiger partial charge in [-0.2, -0.15) is 0 Å². The Morgan fingerprint density at radius 1 is 1.36 bits per heavy atom. The number of rotatable bonds is 3. The first kappa shape index (κ1) is 10.0. The summed E-state index contributed by atoms with van der Waals surface area (Å²) in [5, 5.41) is 4.26. The van der Waals surface area contributed by atoms with Crippen molar-refractivity contribution in [2.24, 2.45) is 5.92 Å². The van der Waals surface area contributed by atoms with Crippen LogP contribution < -0.4 is 5.32 Å². The number of halogens is 1. The Morgan fingerprint density at radius 2 is 2.07 bits per heavy atom. The molecule has 0 heterocycles. The highest BCUT2D eigenvalue weighted by molar-refractivity contribution is 6.31. The van der Waals surface area contributed by atoms with E-state index in [1.807, 2.05) is 19.2 Å². The smallest absolute Gasteiger partial charge is 0.0453 e. The molecule has 2 rings (SSSR count). The van der Waals surface area contributed by atoms with E-state index >= 15 is 0 Å². The van der Waals surface area contributed by atoms with E-state index in [0.717, 1.165) is 10.9 Å². The Balaban J connectivity index is 2.22. The van der Waals surface area contributed by atoms with Crippen LogP contribution in [0, 0.1) is 5.92 Å². The van der Waals surface area contributed by atoms with Gasteiger partial charge in [-0.3, -0.25) is 0 Å². The maximum absolute atomic E-state index is 6.18. The molecule has 1 aromatic rings. The van der Waals surface area contributed by atoms with Gasteiger partial charge in [-0.1, -0.05) is 36.2 Å². The standard InChI is InChI=1S/C12H16ClN/c1-14-12(9-5-4-6-9)10-7-2-3-8-11(10)13/h2-3,7-9,12,14H,4-6H2,1H3. The molecule has 1 aliphatic rings. The molecular formula is C12H16ClN. The minimum Gasteiger partial charge on any atom is -0.313 e. The fourth-order valence-electron chi connectivity index (χ4n) is 2.15. The molecule has 1 unspecified atom stereocenters. The molecule has 0 aromatic heterocycles. The van der Waals surface area contributed by atoms with Crippen LogP contribution >= 0.6 is 11.6 Å². The van der Waals surface area contributed by atoms with Crippen molar-refractivity contribution < 1.29 is 0 Å². The first-order valence-corrected chi connectivity index (χ1v) is 5.62. The van der Waals surface area contributed by atoms with Gasteiger partial charge in [0.2, 0.25) is 0 Å². The average molecular weight is 210 g/mol. The fraction of sp³-hybridized carbons (Fsp3) is 0.500. The highest BCUT2D eigenvalue weighted by atomic mass is 35.5. The molecule has 0 radical (unpaired) electrons. The lowest BCUT2D eigenvalue weighted by Gasteiger charge is -2.34.